The summed E-state index contributed by atoms with van der Waals surface area (Å²) in [7, 11) is -2.01. The van der Waals surface area contributed by atoms with Gasteiger partial charge in [-0.1, -0.05) is 23.8 Å². The Morgan fingerprint density at radius 1 is 1.05 bits per heavy atom. The second-order valence-electron chi connectivity index (χ2n) is 4.63. The molecule has 0 aliphatic carbocycles. The van der Waals surface area contributed by atoms with E-state index >= 15 is 0 Å². The number of nitrogen functional groups attached to an aromatic ring is 1. The Kier molecular flexibility index (Phi) is 3.69. The number of para-hydroxylation sites is 1. The molecule has 2 aromatic carbocycles. The zero-order valence-corrected chi connectivity index (χ0v) is 12.2. The van der Waals surface area contributed by atoms with Crippen molar-refractivity contribution in [2.24, 2.45) is 5.14 Å². The number of anilines is 3. The summed E-state index contributed by atoms with van der Waals surface area (Å²) in [5.41, 5.74) is 8.74. The first kappa shape index (κ1) is 14.4. The Morgan fingerprint density at radius 3 is 2.20 bits per heavy atom. The molecule has 0 atom stereocenters. The molecule has 0 heterocycles. The van der Waals surface area contributed by atoms with Crippen LogP contribution in [0.1, 0.15) is 5.56 Å². The van der Waals surface area contributed by atoms with Crippen LogP contribution in [0, 0.1) is 6.92 Å². The van der Waals surface area contributed by atoms with Crippen molar-refractivity contribution < 1.29 is 8.42 Å². The van der Waals surface area contributed by atoms with E-state index in [4.69, 9.17) is 10.9 Å². The Bertz CT molecular complexity index is 725. The van der Waals surface area contributed by atoms with Crippen LogP contribution >= 0.6 is 0 Å². The van der Waals surface area contributed by atoms with Crippen LogP contribution in [0.2, 0.25) is 0 Å². The van der Waals surface area contributed by atoms with Crippen LogP contribution in [-0.2, 0) is 10.0 Å². The van der Waals surface area contributed by atoms with Crippen LogP contribution < -0.4 is 15.8 Å². The van der Waals surface area contributed by atoms with E-state index in [1.807, 2.05) is 43.1 Å². The van der Waals surface area contributed by atoms with E-state index in [2.05, 4.69) is 0 Å². The second-order valence-corrected chi connectivity index (χ2v) is 6.16. The van der Waals surface area contributed by atoms with Gasteiger partial charge in [0.1, 0.15) is 4.90 Å². The van der Waals surface area contributed by atoms with Gasteiger partial charge in [0.15, 0.2) is 0 Å². The first-order valence-corrected chi connectivity index (χ1v) is 7.57. The predicted molar refractivity (Wildman–Crippen MR) is 81.5 cm³/mol. The summed E-state index contributed by atoms with van der Waals surface area (Å²) in [5, 5.41) is 5.16. The molecule has 5 nitrogen and oxygen atoms in total. The highest BCUT2D eigenvalue weighted by atomic mass is 32.2. The Labute approximate surface area is 118 Å². The number of primary sulfonamides is 1. The van der Waals surface area contributed by atoms with Crippen molar-refractivity contribution in [3.05, 3.63) is 48.0 Å². The van der Waals surface area contributed by atoms with E-state index in [0.29, 0.717) is 5.69 Å². The highest BCUT2D eigenvalue weighted by Gasteiger charge is 2.17. The summed E-state index contributed by atoms with van der Waals surface area (Å²) >= 11 is 0. The molecule has 106 valence electrons. The quantitative estimate of drug-likeness (QED) is 0.846. The minimum absolute atomic E-state index is 0.0611. The number of benzene rings is 2. The normalized spacial score (nSPS) is 11.3. The molecule has 0 spiro atoms. The fourth-order valence-corrected chi connectivity index (χ4v) is 2.66. The number of hydrogen-bond donors (Lipinski definition) is 2. The van der Waals surface area contributed by atoms with Crippen molar-refractivity contribution >= 4 is 27.1 Å². The van der Waals surface area contributed by atoms with Crippen LogP contribution in [0.3, 0.4) is 0 Å². The van der Waals surface area contributed by atoms with Crippen LogP contribution in [0.4, 0.5) is 17.1 Å². The lowest BCUT2D eigenvalue weighted by Crippen LogP contribution is -2.17. The standard InChI is InChI=1S/C14H17N3O2S/c1-10-6-8-11(9-7-10)17(2)12-4-3-5-13(14(12)15)20(16,18)19/h3-9H,15H2,1-2H3,(H2,16,18,19). The molecular weight excluding hydrogens is 274 g/mol. The third kappa shape index (κ3) is 2.76. The molecule has 0 radical (unpaired) electrons. The van der Waals surface area contributed by atoms with E-state index in [1.54, 1.807) is 12.1 Å². The van der Waals surface area contributed by atoms with Gasteiger partial charge in [0.25, 0.3) is 0 Å². The maximum Gasteiger partial charge on any atom is 0.240 e. The van der Waals surface area contributed by atoms with E-state index in [9.17, 15) is 8.42 Å². The summed E-state index contributed by atoms with van der Waals surface area (Å²) in [6, 6.07) is 12.6. The molecule has 0 aromatic heterocycles. The summed E-state index contributed by atoms with van der Waals surface area (Å²) in [5.74, 6) is 0. The van der Waals surface area contributed by atoms with Gasteiger partial charge in [-0.15, -0.1) is 0 Å². The number of sulfonamides is 1. The third-order valence-electron chi connectivity index (χ3n) is 3.13. The SMILES string of the molecule is Cc1ccc(N(C)c2cccc(S(N)(=O)=O)c2N)cc1. The van der Waals surface area contributed by atoms with Gasteiger partial charge >= 0.3 is 0 Å². The molecule has 0 fully saturated rings. The fraction of sp³-hybridized carbons (Fsp3) is 0.143. The van der Waals surface area contributed by atoms with Gasteiger partial charge in [-0.3, -0.25) is 0 Å². The van der Waals surface area contributed by atoms with Gasteiger partial charge in [0.05, 0.1) is 11.4 Å². The lowest BCUT2D eigenvalue weighted by Gasteiger charge is -2.22. The topological polar surface area (TPSA) is 89.4 Å². The molecule has 0 aliphatic rings. The Balaban J connectivity index is 2.51. The van der Waals surface area contributed by atoms with Crippen molar-refractivity contribution in [2.45, 2.75) is 11.8 Å². The average molecular weight is 291 g/mol. The van der Waals surface area contributed by atoms with Gasteiger partial charge in [-0.25, -0.2) is 13.6 Å². The van der Waals surface area contributed by atoms with Gasteiger partial charge in [0.2, 0.25) is 10.0 Å². The lowest BCUT2D eigenvalue weighted by atomic mass is 10.2. The van der Waals surface area contributed by atoms with Crippen molar-refractivity contribution in [3.8, 4) is 0 Å². The summed E-state index contributed by atoms with van der Waals surface area (Å²) in [4.78, 5) is 1.76. The van der Waals surface area contributed by atoms with Crippen LogP contribution in [-0.4, -0.2) is 15.5 Å². The first-order chi connectivity index (χ1) is 9.30. The van der Waals surface area contributed by atoms with Crippen LogP contribution in [0.5, 0.6) is 0 Å². The van der Waals surface area contributed by atoms with E-state index in [1.165, 1.54) is 6.07 Å². The summed E-state index contributed by atoms with van der Waals surface area (Å²) in [6.45, 7) is 2.00. The Hall–Kier alpha value is -2.05. The monoisotopic (exact) mass is 291 g/mol. The Morgan fingerprint density at radius 2 is 1.65 bits per heavy atom. The third-order valence-corrected chi connectivity index (χ3v) is 4.10. The molecule has 0 aliphatic heterocycles. The smallest absolute Gasteiger partial charge is 0.240 e. The first-order valence-electron chi connectivity index (χ1n) is 6.02. The minimum Gasteiger partial charge on any atom is -0.396 e. The van der Waals surface area contributed by atoms with Gasteiger partial charge in [-0.05, 0) is 31.2 Å². The highest BCUT2D eigenvalue weighted by Crippen LogP contribution is 2.32. The fourth-order valence-electron chi connectivity index (χ4n) is 1.98. The summed E-state index contributed by atoms with van der Waals surface area (Å²) in [6.07, 6.45) is 0. The number of nitrogens with zero attached hydrogens (tertiary/aromatic N) is 1. The number of rotatable bonds is 3. The molecule has 2 aromatic rings. The van der Waals surface area contributed by atoms with Gasteiger partial charge < -0.3 is 10.6 Å². The molecule has 0 bridgehead atoms. The van der Waals surface area contributed by atoms with E-state index < -0.39 is 10.0 Å². The molecule has 20 heavy (non-hydrogen) atoms. The maximum absolute atomic E-state index is 11.5. The zero-order chi connectivity index (χ0) is 14.9. The van der Waals surface area contributed by atoms with E-state index in [0.717, 1.165) is 11.3 Å². The number of aryl methyl sites for hydroxylation is 1. The molecule has 0 amide bonds. The molecule has 2 rings (SSSR count). The molecule has 6 heteroatoms. The van der Waals surface area contributed by atoms with Gasteiger partial charge in [0, 0.05) is 12.7 Å². The summed E-state index contributed by atoms with van der Waals surface area (Å²) < 4.78 is 23.0. The molecule has 0 unspecified atom stereocenters. The molecule has 0 saturated carbocycles. The molecule has 4 N–H and O–H groups in total. The highest BCUT2D eigenvalue weighted by molar-refractivity contribution is 7.89. The minimum atomic E-state index is -3.83. The predicted octanol–water partition coefficient (Wildman–Crippen LogP) is 1.99. The second kappa shape index (κ2) is 5.15. The maximum atomic E-state index is 11.5. The lowest BCUT2D eigenvalue weighted by molar-refractivity contribution is 0.598. The van der Waals surface area contributed by atoms with Crippen LogP contribution in [0.25, 0.3) is 0 Å². The number of nitrogens with two attached hydrogens (primary N) is 2. The van der Waals surface area contributed by atoms with Crippen molar-refractivity contribution in [1.82, 2.24) is 0 Å². The molecule has 0 saturated heterocycles. The van der Waals surface area contributed by atoms with Crippen molar-refractivity contribution in [1.29, 1.82) is 0 Å². The van der Waals surface area contributed by atoms with Crippen LogP contribution in [0.15, 0.2) is 47.4 Å². The largest absolute Gasteiger partial charge is 0.396 e. The average Bonchev–Trinajstić information content (AvgIpc) is 2.37. The van der Waals surface area contributed by atoms with Crippen molar-refractivity contribution in [2.75, 3.05) is 17.7 Å². The number of hydrogen-bond acceptors (Lipinski definition) is 4. The van der Waals surface area contributed by atoms with Crippen molar-refractivity contribution in [3.63, 3.8) is 0 Å². The molecular formula is C14H17N3O2S. The van der Waals surface area contributed by atoms with E-state index in [-0.39, 0.29) is 10.6 Å². The van der Waals surface area contributed by atoms with Gasteiger partial charge in [-0.2, -0.15) is 0 Å². The zero-order valence-electron chi connectivity index (χ0n) is 11.4.